The van der Waals surface area contributed by atoms with E-state index >= 15 is 0 Å². The van der Waals surface area contributed by atoms with Crippen LogP contribution in [-0.4, -0.2) is 20.7 Å². The van der Waals surface area contributed by atoms with Crippen LogP contribution in [0, 0.1) is 0 Å². The van der Waals surface area contributed by atoms with Crippen molar-refractivity contribution in [3.05, 3.63) is 82.4 Å². The highest BCUT2D eigenvalue weighted by atomic mass is 35.5. The molecule has 0 spiro atoms. The van der Waals surface area contributed by atoms with E-state index in [2.05, 4.69) is 15.4 Å². The summed E-state index contributed by atoms with van der Waals surface area (Å²) in [5, 5.41) is 8.42. The van der Waals surface area contributed by atoms with Gasteiger partial charge in [0.05, 0.1) is 24.3 Å². The molecule has 0 saturated heterocycles. The van der Waals surface area contributed by atoms with Crippen molar-refractivity contribution in [3.8, 4) is 0 Å². The zero-order valence-corrected chi connectivity index (χ0v) is 15.0. The first-order valence-corrected chi connectivity index (χ1v) is 9.09. The Morgan fingerprint density at radius 2 is 2.12 bits per heavy atom. The zero-order chi connectivity index (χ0) is 17.9. The summed E-state index contributed by atoms with van der Waals surface area (Å²) in [7, 11) is 0. The molecule has 1 aromatic carbocycles. The van der Waals surface area contributed by atoms with Gasteiger partial charge in [-0.25, -0.2) is 0 Å². The maximum Gasteiger partial charge on any atom is 0.253 e. The van der Waals surface area contributed by atoms with Crippen LogP contribution in [0.15, 0.2) is 55.0 Å². The van der Waals surface area contributed by atoms with Crippen LogP contribution in [0.5, 0.6) is 0 Å². The fourth-order valence-electron chi connectivity index (χ4n) is 3.43. The third-order valence-corrected chi connectivity index (χ3v) is 5.14. The summed E-state index contributed by atoms with van der Waals surface area (Å²) in [6, 6.07) is 11.3. The standard InChI is InChI=1S/C20H19ClN4O/c21-17-7-2-1-5-15(17)13-25-19-9-3-8-18(16(19)12-23-25)24-20(26)14-6-4-10-22-11-14/h1-2,4-7,10-12,18H,3,8-9,13H2,(H,24,26)/t18-/m0/s1. The van der Waals surface area contributed by atoms with E-state index in [0.717, 1.165) is 35.4 Å². The molecular weight excluding hydrogens is 348 g/mol. The number of hydrogen-bond acceptors (Lipinski definition) is 3. The number of nitrogens with zero attached hydrogens (tertiary/aromatic N) is 3. The lowest BCUT2D eigenvalue weighted by atomic mass is 9.92. The van der Waals surface area contributed by atoms with Crippen LogP contribution in [0.1, 0.15) is 46.1 Å². The Kier molecular flexibility index (Phi) is 4.71. The van der Waals surface area contributed by atoms with Crippen LogP contribution in [0.4, 0.5) is 0 Å². The maximum absolute atomic E-state index is 12.5. The lowest BCUT2D eigenvalue weighted by Crippen LogP contribution is -2.31. The number of nitrogens with one attached hydrogen (secondary N) is 1. The second-order valence-electron chi connectivity index (χ2n) is 6.46. The molecule has 26 heavy (non-hydrogen) atoms. The van der Waals surface area contributed by atoms with Gasteiger partial charge in [-0.05, 0) is 43.0 Å². The maximum atomic E-state index is 12.5. The van der Waals surface area contributed by atoms with Gasteiger partial charge in [-0.1, -0.05) is 29.8 Å². The molecule has 4 rings (SSSR count). The van der Waals surface area contributed by atoms with E-state index < -0.39 is 0 Å². The number of fused-ring (bicyclic) bond motifs is 1. The average Bonchev–Trinajstić information content (AvgIpc) is 3.08. The Balaban J connectivity index is 1.55. The highest BCUT2D eigenvalue weighted by molar-refractivity contribution is 6.31. The van der Waals surface area contributed by atoms with E-state index in [1.807, 2.05) is 35.1 Å². The molecular formula is C20H19ClN4O. The van der Waals surface area contributed by atoms with Gasteiger partial charge in [-0.3, -0.25) is 14.5 Å². The number of hydrogen-bond donors (Lipinski definition) is 1. The molecule has 3 aromatic rings. The van der Waals surface area contributed by atoms with Crippen LogP contribution in [0.3, 0.4) is 0 Å². The fraction of sp³-hybridized carbons (Fsp3) is 0.250. The fourth-order valence-corrected chi connectivity index (χ4v) is 3.63. The van der Waals surface area contributed by atoms with E-state index in [1.165, 1.54) is 5.69 Å². The molecule has 2 aromatic heterocycles. The summed E-state index contributed by atoms with van der Waals surface area (Å²) < 4.78 is 2.00. The molecule has 132 valence electrons. The number of pyridine rings is 1. The molecule has 5 nitrogen and oxygen atoms in total. The largest absolute Gasteiger partial charge is 0.345 e. The number of carbonyl (C=O) groups is 1. The molecule has 0 radical (unpaired) electrons. The SMILES string of the molecule is O=C(N[C@H]1CCCc2c1cnn2Cc1ccccc1Cl)c1cccnc1. The van der Waals surface area contributed by atoms with E-state index in [9.17, 15) is 4.79 Å². The van der Waals surface area contributed by atoms with Gasteiger partial charge < -0.3 is 5.32 Å². The van der Waals surface area contributed by atoms with Gasteiger partial charge in [0.15, 0.2) is 0 Å². The van der Waals surface area contributed by atoms with Crippen molar-refractivity contribution in [2.45, 2.75) is 31.8 Å². The highest BCUT2D eigenvalue weighted by Gasteiger charge is 2.26. The van der Waals surface area contributed by atoms with Crippen LogP contribution in [-0.2, 0) is 13.0 Å². The number of rotatable bonds is 4. The Labute approximate surface area is 157 Å². The summed E-state index contributed by atoms with van der Waals surface area (Å²) >= 11 is 6.29. The Morgan fingerprint density at radius 1 is 1.23 bits per heavy atom. The molecule has 1 atom stereocenters. The third-order valence-electron chi connectivity index (χ3n) is 4.77. The van der Waals surface area contributed by atoms with Gasteiger partial charge in [0.25, 0.3) is 5.91 Å². The van der Waals surface area contributed by atoms with Gasteiger partial charge in [0.1, 0.15) is 0 Å². The molecule has 1 aliphatic carbocycles. The van der Waals surface area contributed by atoms with Gasteiger partial charge in [0.2, 0.25) is 0 Å². The zero-order valence-electron chi connectivity index (χ0n) is 14.2. The van der Waals surface area contributed by atoms with Crippen LogP contribution in [0.2, 0.25) is 5.02 Å². The average molecular weight is 367 g/mol. The van der Waals surface area contributed by atoms with Crippen molar-refractivity contribution < 1.29 is 4.79 Å². The Morgan fingerprint density at radius 3 is 2.92 bits per heavy atom. The number of aromatic nitrogens is 3. The second-order valence-corrected chi connectivity index (χ2v) is 6.86. The summed E-state index contributed by atoms with van der Waals surface area (Å²) in [4.78, 5) is 16.5. The summed E-state index contributed by atoms with van der Waals surface area (Å²) in [6.07, 6.45) is 8.00. The lowest BCUT2D eigenvalue weighted by Gasteiger charge is -2.24. The van der Waals surface area contributed by atoms with Crippen molar-refractivity contribution in [1.29, 1.82) is 0 Å². The van der Waals surface area contributed by atoms with E-state index in [1.54, 1.807) is 24.5 Å². The summed E-state index contributed by atoms with van der Waals surface area (Å²) in [5.41, 5.74) is 3.89. The monoisotopic (exact) mass is 366 g/mol. The molecule has 0 bridgehead atoms. The molecule has 0 unspecified atom stereocenters. The number of halogens is 1. The van der Waals surface area contributed by atoms with Crippen molar-refractivity contribution in [1.82, 2.24) is 20.1 Å². The second kappa shape index (κ2) is 7.30. The first kappa shape index (κ1) is 16.8. The molecule has 6 heteroatoms. The number of benzene rings is 1. The van der Waals surface area contributed by atoms with Gasteiger partial charge in [0, 0.05) is 28.7 Å². The van der Waals surface area contributed by atoms with Crippen LogP contribution >= 0.6 is 11.6 Å². The first-order valence-electron chi connectivity index (χ1n) is 8.71. The summed E-state index contributed by atoms with van der Waals surface area (Å²) in [6.45, 7) is 0.637. The van der Waals surface area contributed by atoms with Gasteiger partial charge in [-0.15, -0.1) is 0 Å². The van der Waals surface area contributed by atoms with Crippen LogP contribution < -0.4 is 5.32 Å². The first-order chi connectivity index (χ1) is 12.7. The smallest absolute Gasteiger partial charge is 0.253 e. The quantitative estimate of drug-likeness (QED) is 0.764. The van der Waals surface area contributed by atoms with Crippen molar-refractivity contribution in [2.24, 2.45) is 0 Å². The normalized spacial score (nSPS) is 16.1. The molecule has 2 heterocycles. The minimum absolute atomic E-state index is 0.0218. The van der Waals surface area contributed by atoms with Crippen molar-refractivity contribution in [3.63, 3.8) is 0 Å². The lowest BCUT2D eigenvalue weighted by molar-refractivity contribution is 0.0932. The highest BCUT2D eigenvalue weighted by Crippen LogP contribution is 2.30. The molecule has 1 amide bonds. The summed E-state index contributed by atoms with van der Waals surface area (Å²) in [5.74, 6) is -0.102. The predicted octanol–water partition coefficient (Wildman–Crippen LogP) is 3.79. The van der Waals surface area contributed by atoms with E-state index in [4.69, 9.17) is 11.6 Å². The van der Waals surface area contributed by atoms with Crippen molar-refractivity contribution in [2.75, 3.05) is 0 Å². The minimum atomic E-state index is -0.102. The minimum Gasteiger partial charge on any atom is -0.345 e. The van der Waals surface area contributed by atoms with Crippen molar-refractivity contribution >= 4 is 17.5 Å². The van der Waals surface area contributed by atoms with Gasteiger partial charge >= 0.3 is 0 Å². The molecule has 1 aliphatic rings. The Bertz CT molecular complexity index is 923. The van der Waals surface area contributed by atoms with Crippen LogP contribution in [0.25, 0.3) is 0 Å². The number of amides is 1. The molecule has 0 fully saturated rings. The van der Waals surface area contributed by atoms with E-state index in [-0.39, 0.29) is 11.9 Å². The Hall–Kier alpha value is -2.66. The topological polar surface area (TPSA) is 59.8 Å². The number of carbonyl (C=O) groups excluding carboxylic acids is 1. The molecule has 0 saturated carbocycles. The molecule has 0 aliphatic heterocycles. The third kappa shape index (κ3) is 3.35. The predicted molar refractivity (Wildman–Crippen MR) is 100 cm³/mol. The van der Waals surface area contributed by atoms with Gasteiger partial charge in [-0.2, -0.15) is 5.10 Å². The molecule has 1 N–H and O–H groups in total. The van der Waals surface area contributed by atoms with E-state index in [0.29, 0.717) is 12.1 Å².